The summed E-state index contributed by atoms with van der Waals surface area (Å²) in [6.07, 6.45) is 0. The van der Waals surface area contributed by atoms with Gasteiger partial charge < -0.3 is 9.13 Å². The van der Waals surface area contributed by atoms with Crippen LogP contribution in [-0.4, -0.2) is 9.13 Å². The van der Waals surface area contributed by atoms with Crippen molar-refractivity contribution in [1.29, 1.82) is 0 Å². The van der Waals surface area contributed by atoms with Gasteiger partial charge in [0, 0.05) is 48.4 Å². The Morgan fingerprint density at radius 3 is 1.45 bits per heavy atom. The number of nitrogens with zero attached hydrogens (tertiary/aromatic N) is 2. The molecule has 0 spiro atoms. The molecule has 218 valence electrons. The Hall–Kier alpha value is -5.90. The van der Waals surface area contributed by atoms with Gasteiger partial charge in [-0.3, -0.25) is 0 Å². The quantitative estimate of drug-likeness (QED) is 0.171. The Morgan fingerprint density at radius 1 is 0.340 bits per heavy atom. The largest absolute Gasteiger partial charge is 0.309 e. The average Bonchev–Trinajstić information content (AvgIpc) is 3.79. The van der Waals surface area contributed by atoms with Gasteiger partial charge in [0.05, 0.1) is 26.8 Å². The highest BCUT2D eigenvalue weighted by Crippen LogP contribution is 2.43. The molecule has 11 aromatic rings. The van der Waals surface area contributed by atoms with Gasteiger partial charge in [-0.1, -0.05) is 109 Å². The molecule has 3 heterocycles. The Labute approximate surface area is 273 Å². The first-order chi connectivity index (χ1) is 23.3. The molecule has 47 heavy (non-hydrogen) atoms. The number of rotatable bonds is 2. The maximum Gasteiger partial charge on any atom is 0.0719 e. The van der Waals surface area contributed by atoms with E-state index in [-0.39, 0.29) is 0 Å². The minimum atomic E-state index is 1.18. The summed E-state index contributed by atoms with van der Waals surface area (Å²) in [5.74, 6) is 0. The molecular formula is C44H26N2S. The number of aromatic nitrogens is 2. The molecule has 3 aromatic heterocycles. The molecule has 0 unspecified atom stereocenters. The third kappa shape index (κ3) is 3.44. The Morgan fingerprint density at radius 2 is 0.809 bits per heavy atom. The number of para-hydroxylation sites is 3. The molecule has 0 saturated carbocycles. The zero-order valence-electron chi connectivity index (χ0n) is 25.3. The van der Waals surface area contributed by atoms with Crippen LogP contribution in [0.3, 0.4) is 0 Å². The first kappa shape index (κ1) is 25.3. The molecule has 0 aliphatic heterocycles. The van der Waals surface area contributed by atoms with Gasteiger partial charge >= 0.3 is 0 Å². The fourth-order valence-electron chi connectivity index (χ4n) is 8.02. The molecule has 0 fully saturated rings. The van der Waals surface area contributed by atoms with E-state index in [0.717, 1.165) is 0 Å². The average molecular weight is 615 g/mol. The van der Waals surface area contributed by atoms with E-state index >= 15 is 0 Å². The van der Waals surface area contributed by atoms with Crippen LogP contribution in [0.15, 0.2) is 158 Å². The van der Waals surface area contributed by atoms with Crippen LogP contribution >= 0.6 is 11.3 Å². The number of benzene rings is 8. The van der Waals surface area contributed by atoms with Gasteiger partial charge in [-0.2, -0.15) is 0 Å². The number of thiophene rings is 1. The molecule has 0 N–H and O–H groups in total. The van der Waals surface area contributed by atoms with E-state index in [1.54, 1.807) is 0 Å². The van der Waals surface area contributed by atoms with Crippen molar-refractivity contribution in [2.75, 3.05) is 0 Å². The van der Waals surface area contributed by atoms with Crippen molar-refractivity contribution in [3.05, 3.63) is 158 Å². The van der Waals surface area contributed by atoms with Crippen LogP contribution in [0.25, 0.3) is 96.7 Å². The van der Waals surface area contributed by atoms with E-state index in [1.165, 1.54) is 96.7 Å². The van der Waals surface area contributed by atoms with Gasteiger partial charge in [0.25, 0.3) is 0 Å². The van der Waals surface area contributed by atoms with Crippen molar-refractivity contribution in [2.45, 2.75) is 0 Å². The van der Waals surface area contributed by atoms with Gasteiger partial charge in [-0.05, 0) is 70.1 Å². The van der Waals surface area contributed by atoms with Crippen molar-refractivity contribution in [3.8, 4) is 11.4 Å². The molecule has 0 aliphatic rings. The molecule has 3 heteroatoms. The second-order valence-electron chi connectivity index (χ2n) is 12.5. The van der Waals surface area contributed by atoms with Gasteiger partial charge in [-0.25, -0.2) is 0 Å². The lowest BCUT2D eigenvalue weighted by Gasteiger charge is -2.13. The van der Waals surface area contributed by atoms with E-state index in [9.17, 15) is 0 Å². The minimum Gasteiger partial charge on any atom is -0.309 e. The van der Waals surface area contributed by atoms with Crippen molar-refractivity contribution >= 4 is 96.7 Å². The van der Waals surface area contributed by atoms with Crippen molar-refractivity contribution in [1.82, 2.24) is 9.13 Å². The normalized spacial score (nSPS) is 12.3. The van der Waals surface area contributed by atoms with Crippen LogP contribution < -0.4 is 0 Å². The van der Waals surface area contributed by atoms with Crippen molar-refractivity contribution < 1.29 is 0 Å². The monoisotopic (exact) mass is 614 g/mol. The first-order valence-electron chi connectivity index (χ1n) is 16.1. The van der Waals surface area contributed by atoms with Crippen LogP contribution in [-0.2, 0) is 0 Å². The summed E-state index contributed by atoms with van der Waals surface area (Å²) in [5.41, 5.74) is 7.37. The second-order valence-corrected chi connectivity index (χ2v) is 13.6. The fourth-order valence-corrected chi connectivity index (χ4v) is 9.26. The predicted octanol–water partition coefficient (Wildman–Crippen LogP) is 12.6. The van der Waals surface area contributed by atoms with Crippen molar-refractivity contribution in [3.63, 3.8) is 0 Å². The summed E-state index contributed by atoms with van der Waals surface area (Å²) < 4.78 is 7.55. The Kier molecular flexibility index (Phi) is 5.02. The van der Waals surface area contributed by atoms with E-state index in [0.29, 0.717) is 0 Å². The Balaban J connectivity index is 1.13. The topological polar surface area (TPSA) is 9.86 Å². The van der Waals surface area contributed by atoms with Gasteiger partial charge in [0.15, 0.2) is 0 Å². The molecule has 8 aromatic carbocycles. The van der Waals surface area contributed by atoms with Crippen LogP contribution in [0.5, 0.6) is 0 Å². The predicted molar refractivity (Wildman–Crippen MR) is 203 cm³/mol. The van der Waals surface area contributed by atoms with Crippen LogP contribution in [0.2, 0.25) is 0 Å². The molecule has 0 atom stereocenters. The molecule has 2 nitrogen and oxygen atoms in total. The second kappa shape index (κ2) is 9.32. The summed E-state index contributed by atoms with van der Waals surface area (Å²) in [7, 11) is 0. The van der Waals surface area contributed by atoms with E-state index in [4.69, 9.17) is 0 Å². The third-order valence-corrected chi connectivity index (χ3v) is 11.3. The van der Waals surface area contributed by atoms with Gasteiger partial charge in [-0.15, -0.1) is 11.3 Å². The Bertz CT molecular complexity index is 3030. The molecule has 0 bridgehead atoms. The van der Waals surface area contributed by atoms with E-state index < -0.39 is 0 Å². The van der Waals surface area contributed by atoms with E-state index in [2.05, 4.69) is 167 Å². The molecule has 11 rings (SSSR count). The highest BCUT2D eigenvalue weighted by atomic mass is 32.1. The molecular weight excluding hydrogens is 589 g/mol. The molecule has 0 saturated heterocycles. The third-order valence-electron chi connectivity index (χ3n) is 10.1. The summed E-state index contributed by atoms with van der Waals surface area (Å²) >= 11 is 1.90. The van der Waals surface area contributed by atoms with Gasteiger partial charge in [0.1, 0.15) is 0 Å². The number of hydrogen-bond donors (Lipinski definition) is 0. The SMILES string of the molecule is c1ccc2c(c1)sc1c2ccc2c3ccccc3n(-c3ccc4c(ccc5cc(-n6c7ccccc7c7ccccc76)ccc54)c3)c21. The standard InChI is InChI=1S/C44H26N2S/c1-5-13-39-33(9-1)34-10-2-6-14-40(34)45(39)29-19-21-31-27(25-29)17-18-28-26-30(20-22-32(28)31)46-41-15-7-3-11-35(41)37-23-24-38-36-12-4-8-16-42(36)47-44(38)43(37)46/h1-26H. The van der Waals surface area contributed by atoms with Crippen LogP contribution in [0.1, 0.15) is 0 Å². The van der Waals surface area contributed by atoms with Crippen LogP contribution in [0, 0.1) is 0 Å². The summed E-state index contributed by atoms with van der Waals surface area (Å²) in [6.45, 7) is 0. The summed E-state index contributed by atoms with van der Waals surface area (Å²) in [5, 5.41) is 12.8. The van der Waals surface area contributed by atoms with E-state index in [1.807, 2.05) is 11.3 Å². The summed E-state index contributed by atoms with van der Waals surface area (Å²) in [6, 6.07) is 58.2. The maximum absolute atomic E-state index is 2.48. The van der Waals surface area contributed by atoms with Gasteiger partial charge in [0.2, 0.25) is 0 Å². The lowest BCUT2D eigenvalue weighted by atomic mass is 10.0. The molecule has 0 aliphatic carbocycles. The van der Waals surface area contributed by atoms with Crippen LogP contribution in [0.4, 0.5) is 0 Å². The fraction of sp³-hybridized carbons (Fsp3) is 0. The first-order valence-corrected chi connectivity index (χ1v) is 16.9. The molecule has 0 radical (unpaired) electrons. The lowest BCUT2D eigenvalue weighted by molar-refractivity contribution is 1.19. The maximum atomic E-state index is 2.48. The summed E-state index contributed by atoms with van der Waals surface area (Å²) in [4.78, 5) is 0. The minimum absolute atomic E-state index is 1.18. The number of hydrogen-bond acceptors (Lipinski definition) is 1. The zero-order valence-corrected chi connectivity index (χ0v) is 26.1. The highest BCUT2D eigenvalue weighted by Gasteiger charge is 2.18. The highest BCUT2D eigenvalue weighted by molar-refractivity contribution is 7.26. The number of fused-ring (bicyclic) bond motifs is 13. The zero-order chi connectivity index (χ0) is 30.6. The smallest absolute Gasteiger partial charge is 0.0719 e. The molecule has 0 amide bonds. The van der Waals surface area contributed by atoms with Crippen molar-refractivity contribution in [2.24, 2.45) is 0 Å². The lowest BCUT2D eigenvalue weighted by Crippen LogP contribution is -1.95.